The van der Waals surface area contributed by atoms with E-state index >= 15 is 0 Å². The Bertz CT molecular complexity index is 1270. The van der Waals surface area contributed by atoms with Crippen LogP contribution in [-0.2, 0) is 0 Å². The molecule has 1 aliphatic heterocycles. The molecule has 1 amide bonds. The number of aromatic nitrogens is 3. The highest BCUT2D eigenvalue weighted by Crippen LogP contribution is 2.31. The van der Waals surface area contributed by atoms with Crippen molar-refractivity contribution in [2.75, 3.05) is 26.7 Å². The summed E-state index contributed by atoms with van der Waals surface area (Å²) in [6.07, 6.45) is 7.56. The monoisotopic (exact) mass is 467 g/mol. The zero-order valence-electron chi connectivity index (χ0n) is 19.8. The summed E-state index contributed by atoms with van der Waals surface area (Å²) in [5.41, 5.74) is 3.90. The molecule has 1 aliphatic rings. The molecule has 3 heterocycles. The lowest BCUT2D eigenvalue weighted by Crippen LogP contribution is -2.37. The molecule has 178 valence electrons. The van der Waals surface area contributed by atoms with Crippen molar-refractivity contribution >= 4 is 5.91 Å². The van der Waals surface area contributed by atoms with Crippen LogP contribution in [0.15, 0.2) is 85.3 Å². The maximum atomic E-state index is 13.6. The summed E-state index contributed by atoms with van der Waals surface area (Å²) in [6, 6.07) is 21.7. The van der Waals surface area contributed by atoms with Gasteiger partial charge in [0.1, 0.15) is 11.4 Å². The topological polar surface area (TPSA) is 72.3 Å². The van der Waals surface area contributed by atoms with Gasteiger partial charge in [0.2, 0.25) is 0 Å². The normalized spacial score (nSPS) is 14.5. The zero-order valence-corrected chi connectivity index (χ0v) is 19.8. The lowest BCUT2D eigenvalue weighted by Gasteiger charge is -2.29. The van der Waals surface area contributed by atoms with Gasteiger partial charge in [-0.3, -0.25) is 14.7 Å². The molecule has 1 fully saturated rings. The van der Waals surface area contributed by atoms with Crippen LogP contribution in [0.25, 0.3) is 16.9 Å². The Hall–Kier alpha value is -3.97. The summed E-state index contributed by atoms with van der Waals surface area (Å²) >= 11 is 0. The van der Waals surface area contributed by atoms with Crippen molar-refractivity contribution < 1.29 is 9.53 Å². The molecule has 7 heteroatoms. The summed E-state index contributed by atoms with van der Waals surface area (Å²) in [4.78, 5) is 20.2. The number of pyridine rings is 1. The maximum absolute atomic E-state index is 13.6. The first-order valence-electron chi connectivity index (χ1n) is 12.0. The first-order valence-corrected chi connectivity index (χ1v) is 12.0. The number of hydrogen-bond donors (Lipinski definition) is 1. The van der Waals surface area contributed by atoms with Gasteiger partial charge in [0.15, 0.2) is 0 Å². The highest BCUT2D eigenvalue weighted by molar-refractivity contribution is 5.99. The van der Waals surface area contributed by atoms with E-state index < -0.39 is 0 Å². The van der Waals surface area contributed by atoms with Crippen molar-refractivity contribution in [3.8, 4) is 22.7 Å². The Labute approximate surface area is 205 Å². The number of nitrogens with zero attached hydrogens (tertiary/aromatic N) is 4. The number of ether oxygens (including phenoxy) is 1. The minimum atomic E-state index is -0.162. The predicted molar refractivity (Wildman–Crippen MR) is 136 cm³/mol. The lowest BCUT2D eigenvalue weighted by molar-refractivity contribution is 0.0938. The number of carbonyl (C=O) groups excluding carboxylic acids is 1. The molecule has 0 saturated carbocycles. The van der Waals surface area contributed by atoms with E-state index in [1.54, 1.807) is 30.4 Å². The van der Waals surface area contributed by atoms with E-state index in [0.29, 0.717) is 17.8 Å². The second-order valence-electron chi connectivity index (χ2n) is 8.62. The molecule has 7 nitrogen and oxygen atoms in total. The summed E-state index contributed by atoms with van der Waals surface area (Å²) in [6.45, 7) is 2.49. The van der Waals surface area contributed by atoms with E-state index in [0.717, 1.165) is 48.5 Å². The quantitative estimate of drug-likeness (QED) is 0.413. The number of rotatable bonds is 8. The van der Waals surface area contributed by atoms with E-state index in [-0.39, 0.29) is 11.9 Å². The largest absolute Gasteiger partial charge is 0.496 e. The van der Waals surface area contributed by atoms with Crippen LogP contribution in [0.2, 0.25) is 0 Å². The minimum absolute atomic E-state index is 0.0311. The van der Waals surface area contributed by atoms with Crippen molar-refractivity contribution in [2.45, 2.75) is 18.9 Å². The number of hydrogen-bond acceptors (Lipinski definition) is 5. The van der Waals surface area contributed by atoms with Crippen molar-refractivity contribution in [2.24, 2.45) is 0 Å². The number of nitrogens with one attached hydrogen (secondary N) is 1. The number of para-hydroxylation sites is 2. The Kier molecular flexibility index (Phi) is 6.86. The van der Waals surface area contributed by atoms with Crippen LogP contribution in [-0.4, -0.2) is 52.3 Å². The minimum Gasteiger partial charge on any atom is -0.496 e. The third kappa shape index (κ3) is 4.95. The van der Waals surface area contributed by atoms with E-state index in [4.69, 9.17) is 9.84 Å². The Morgan fingerprint density at radius 3 is 2.54 bits per heavy atom. The number of benzene rings is 2. The smallest absolute Gasteiger partial charge is 0.255 e. The SMILES string of the molecule is COc1ccccc1C(CNC(=O)c1cn(-c2ccccc2)nc1-c1cccnc1)N1CCCC1. The van der Waals surface area contributed by atoms with Gasteiger partial charge in [0.25, 0.3) is 5.91 Å². The number of methoxy groups -OCH3 is 1. The van der Waals surface area contributed by atoms with Gasteiger partial charge in [0, 0.05) is 36.3 Å². The summed E-state index contributed by atoms with van der Waals surface area (Å²) < 4.78 is 7.39. The van der Waals surface area contributed by atoms with Gasteiger partial charge >= 0.3 is 0 Å². The van der Waals surface area contributed by atoms with Crippen molar-refractivity contribution in [1.29, 1.82) is 0 Å². The first-order chi connectivity index (χ1) is 17.2. The third-order valence-corrected chi connectivity index (χ3v) is 6.45. The summed E-state index contributed by atoms with van der Waals surface area (Å²) in [7, 11) is 1.69. The van der Waals surface area contributed by atoms with Gasteiger partial charge in [-0.25, -0.2) is 4.68 Å². The fraction of sp³-hybridized carbons (Fsp3) is 0.250. The molecule has 2 aromatic heterocycles. The highest BCUT2D eigenvalue weighted by atomic mass is 16.5. The van der Waals surface area contributed by atoms with Crippen LogP contribution < -0.4 is 10.1 Å². The highest BCUT2D eigenvalue weighted by Gasteiger charge is 2.27. The van der Waals surface area contributed by atoms with Crippen LogP contribution in [0, 0.1) is 0 Å². The molecule has 1 unspecified atom stereocenters. The molecule has 0 bridgehead atoms. The second kappa shape index (κ2) is 10.5. The standard InChI is InChI=1S/C28H29N5O2/c1-35-26-14-6-5-13-23(26)25(32-16-7-8-17-32)19-30-28(34)24-20-33(22-11-3-2-4-12-22)31-27(24)21-10-9-15-29-18-21/h2-6,9-15,18,20,25H,7-8,16-17,19H2,1H3,(H,30,34). The molecule has 35 heavy (non-hydrogen) atoms. The van der Waals surface area contributed by atoms with Gasteiger partial charge in [-0.1, -0.05) is 36.4 Å². The summed E-state index contributed by atoms with van der Waals surface area (Å²) in [5.74, 6) is 0.678. The molecule has 5 rings (SSSR count). The Morgan fingerprint density at radius 2 is 1.80 bits per heavy atom. The molecule has 2 aromatic carbocycles. The average molecular weight is 468 g/mol. The fourth-order valence-electron chi connectivity index (χ4n) is 4.68. The van der Waals surface area contributed by atoms with Crippen molar-refractivity contribution in [1.82, 2.24) is 25.0 Å². The van der Waals surface area contributed by atoms with Crippen LogP contribution >= 0.6 is 0 Å². The molecule has 0 spiro atoms. The molecular formula is C28H29N5O2. The second-order valence-corrected chi connectivity index (χ2v) is 8.62. The van der Waals surface area contributed by atoms with E-state index in [2.05, 4.69) is 21.3 Å². The van der Waals surface area contributed by atoms with Crippen LogP contribution in [0.4, 0.5) is 0 Å². The molecule has 0 radical (unpaired) electrons. The molecule has 4 aromatic rings. The summed E-state index contributed by atoms with van der Waals surface area (Å²) in [5, 5.41) is 7.94. The van der Waals surface area contributed by atoms with Gasteiger partial charge < -0.3 is 10.1 Å². The maximum Gasteiger partial charge on any atom is 0.255 e. The van der Waals surface area contributed by atoms with Crippen LogP contribution in [0.5, 0.6) is 5.75 Å². The number of likely N-dealkylation sites (tertiary alicyclic amines) is 1. The van der Waals surface area contributed by atoms with Gasteiger partial charge in [-0.2, -0.15) is 5.10 Å². The first kappa shape index (κ1) is 22.8. The van der Waals surface area contributed by atoms with Crippen LogP contribution in [0.3, 0.4) is 0 Å². The average Bonchev–Trinajstić information content (AvgIpc) is 3.61. The van der Waals surface area contributed by atoms with E-state index in [1.807, 2.05) is 60.7 Å². The van der Waals surface area contributed by atoms with Gasteiger partial charge in [0.05, 0.1) is 24.4 Å². The molecule has 0 aliphatic carbocycles. The van der Waals surface area contributed by atoms with Crippen molar-refractivity contribution in [3.05, 3.63) is 96.4 Å². The molecule has 1 atom stereocenters. The zero-order chi connectivity index (χ0) is 24.0. The van der Waals surface area contributed by atoms with E-state index in [1.165, 1.54) is 0 Å². The third-order valence-electron chi connectivity index (χ3n) is 6.45. The molecule has 1 N–H and O–H groups in total. The van der Waals surface area contributed by atoms with Crippen molar-refractivity contribution in [3.63, 3.8) is 0 Å². The van der Waals surface area contributed by atoms with Gasteiger partial charge in [-0.05, 0) is 56.3 Å². The lowest BCUT2D eigenvalue weighted by atomic mass is 10.0. The molecule has 1 saturated heterocycles. The Morgan fingerprint density at radius 1 is 1.03 bits per heavy atom. The van der Waals surface area contributed by atoms with Gasteiger partial charge in [-0.15, -0.1) is 0 Å². The molecular weight excluding hydrogens is 438 g/mol. The number of amides is 1. The van der Waals surface area contributed by atoms with Crippen LogP contribution in [0.1, 0.15) is 34.8 Å². The number of carbonyl (C=O) groups is 1. The Balaban J connectivity index is 1.44. The fourth-order valence-corrected chi connectivity index (χ4v) is 4.68. The predicted octanol–water partition coefficient (Wildman–Crippen LogP) is 4.51. The van der Waals surface area contributed by atoms with E-state index in [9.17, 15) is 4.79 Å².